The molecule has 0 bridgehead atoms. The highest BCUT2D eigenvalue weighted by Crippen LogP contribution is 2.28. The Kier molecular flexibility index (Phi) is 5.98. The number of amides is 1. The minimum Gasteiger partial charge on any atom is -0.482 e. The standard InChI is InChI=1S/C12H14ClN3O2/c1-15-7-9-3-2-4-10(13)12(9)18-8-11(17)16-6-5-14/h2-4,15H,6-8H2,1H3,(H,16,17). The number of ether oxygens (including phenoxy) is 1. The summed E-state index contributed by atoms with van der Waals surface area (Å²) in [6.07, 6.45) is 0. The van der Waals surface area contributed by atoms with Gasteiger partial charge in [0.2, 0.25) is 0 Å². The fourth-order valence-electron chi connectivity index (χ4n) is 1.37. The van der Waals surface area contributed by atoms with Crippen LogP contribution in [0.5, 0.6) is 5.75 Å². The summed E-state index contributed by atoms with van der Waals surface area (Å²) in [4.78, 5) is 11.3. The third kappa shape index (κ3) is 4.24. The molecular weight excluding hydrogens is 254 g/mol. The molecule has 0 fully saturated rings. The molecule has 1 aromatic rings. The first kappa shape index (κ1) is 14.3. The third-order valence-corrected chi connectivity index (χ3v) is 2.43. The maximum atomic E-state index is 11.3. The second-order valence-electron chi connectivity index (χ2n) is 3.48. The van der Waals surface area contributed by atoms with Crippen molar-refractivity contribution in [3.63, 3.8) is 0 Å². The predicted molar refractivity (Wildman–Crippen MR) is 68.3 cm³/mol. The molecule has 6 heteroatoms. The molecule has 1 amide bonds. The van der Waals surface area contributed by atoms with Gasteiger partial charge in [-0.3, -0.25) is 4.79 Å². The van der Waals surface area contributed by atoms with Crippen LogP contribution in [-0.4, -0.2) is 26.1 Å². The van der Waals surface area contributed by atoms with Crippen LogP contribution in [0.4, 0.5) is 0 Å². The normalized spacial score (nSPS) is 9.61. The summed E-state index contributed by atoms with van der Waals surface area (Å²) in [5.74, 6) is 0.132. The first-order valence-electron chi connectivity index (χ1n) is 5.37. The topological polar surface area (TPSA) is 74.2 Å². The van der Waals surface area contributed by atoms with E-state index in [0.29, 0.717) is 17.3 Å². The van der Waals surface area contributed by atoms with Crippen LogP contribution >= 0.6 is 11.6 Å². The maximum Gasteiger partial charge on any atom is 0.258 e. The van der Waals surface area contributed by atoms with Crippen LogP contribution in [0.1, 0.15) is 5.56 Å². The Morgan fingerprint density at radius 1 is 1.56 bits per heavy atom. The molecule has 18 heavy (non-hydrogen) atoms. The van der Waals surface area contributed by atoms with Gasteiger partial charge in [-0.05, 0) is 13.1 Å². The van der Waals surface area contributed by atoms with Crippen LogP contribution in [-0.2, 0) is 11.3 Å². The monoisotopic (exact) mass is 267 g/mol. The van der Waals surface area contributed by atoms with Crippen molar-refractivity contribution in [1.29, 1.82) is 5.26 Å². The summed E-state index contributed by atoms with van der Waals surface area (Å²) in [6, 6.07) is 7.20. The Morgan fingerprint density at radius 3 is 3.00 bits per heavy atom. The van der Waals surface area contributed by atoms with Crippen LogP contribution in [0.2, 0.25) is 5.02 Å². The van der Waals surface area contributed by atoms with E-state index in [0.717, 1.165) is 5.56 Å². The first-order chi connectivity index (χ1) is 8.69. The van der Waals surface area contributed by atoms with Crippen molar-refractivity contribution in [1.82, 2.24) is 10.6 Å². The molecule has 0 heterocycles. The van der Waals surface area contributed by atoms with E-state index in [-0.39, 0.29) is 19.1 Å². The first-order valence-corrected chi connectivity index (χ1v) is 5.75. The van der Waals surface area contributed by atoms with Gasteiger partial charge in [-0.1, -0.05) is 23.7 Å². The summed E-state index contributed by atoms with van der Waals surface area (Å²) < 4.78 is 5.39. The van der Waals surface area contributed by atoms with Crippen molar-refractivity contribution in [2.75, 3.05) is 20.2 Å². The fourth-order valence-corrected chi connectivity index (χ4v) is 1.62. The molecule has 0 aliphatic heterocycles. The predicted octanol–water partition coefficient (Wildman–Crippen LogP) is 1.08. The number of carbonyl (C=O) groups is 1. The van der Waals surface area contributed by atoms with Crippen LogP contribution in [0.15, 0.2) is 18.2 Å². The summed E-state index contributed by atoms with van der Waals surface area (Å²) in [7, 11) is 1.81. The highest BCUT2D eigenvalue weighted by atomic mass is 35.5. The Morgan fingerprint density at radius 2 is 2.33 bits per heavy atom. The zero-order chi connectivity index (χ0) is 13.4. The number of para-hydroxylation sites is 1. The summed E-state index contributed by atoms with van der Waals surface area (Å²) in [5.41, 5.74) is 0.873. The lowest BCUT2D eigenvalue weighted by Gasteiger charge is -2.12. The maximum absolute atomic E-state index is 11.3. The van der Waals surface area contributed by atoms with Gasteiger partial charge in [0.15, 0.2) is 6.61 Å². The molecule has 1 aromatic carbocycles. The highest BCUT2D eigenvalue weighted by molar-refractivity contribution is 6.32. The molecule has 96 valence electrons. The molecular formula is C12H14ClN3O2. The van der Waals surface area contributed by atoms with Gasteiger partial charge in [-0.15, -0.1) is 0 Å². The van der Waals surface area contributed by atoms with Crippen LogP contribution in [0.25, 0.3) is 0 Å². The third-order valence-electron chi connectivity index (χ3n) is 2.13. The fraction of sp³-hybridized carbons (Fsp3) is 0.333. The number of nitrogens with zero attached hydrogens (tertiary/aromatic N) is 1. The molecule has 0 aliphatic rings. The van der Waals surface area contributed by atoms with Crippen LogP contribution in [0, 0.1) is 11.3 Å². The number of hydrogen-bond donors (Lipinski definition) is 2. The molecule has 0 aromatic heterocycles. The quantitative estimate of drug-likeness (QED) is 0.757. The smallest absolute Gasteiger partial charge is 0.258 e. The average molecular weight is 268 g/mol. The number of nitrogens with one attached hydrogen (secondary N) is 2. The largest absolute Gasteiger partial charge is 0.482 e. The number of carbonyl (C=O) groups excluding carboxylic acids is 1. The van der Waals surface area contributed by atoms with Crippen molar-refractivity contribution < 1.29 is 9.53 Å². The summed E-state index contributed by atoms with van der Waals surface area (Å²) >= 11 is 6.02. The van der Waals surface area contributed by atoms with E-state index in [4.69, 9.17) is 21.6 Å². The molecule has 0 saturated carbocycles. The van der Waals surface area contributed by atoms with Crippen LogP contribution in [0.3, 0.4) is 0 Å². The number of nitriles is 1. The Balaban J connectivity index is 2.66. The number of rotatable bonds is 6. The Hall–Kier alpha value is -1.77. The van der Waals surface area contributed by atoms with E-state index < -0.39 is 0 Å². The van der Waals surface area contributed by atoms with E-state index in [1.54, 1.807) is 6.07 Å². The molecule has 5 nitrogen and oxygen atoms in total. The van der Waals surface area contributed by atoms with Gasteiger partial charge in [-0.25, -0.2) is 0 Å². The minimum atomic E-state index is -0.355. The summed E-state index contributed by atoms with van der Waals surface area (Å²) in [5, 5.41) is 14.2. The van der Waals surface area contributed by atoms with Gasteiger partial charge < -0.3 is 15.4 Å². The molecule has 1 rings (SSSR count). The van der Waals surface area contributed by atoms with Crippen molar-refractivity contribution >= 4 is 17.5 Å². The molecule has 0 unspecified atom stereocenters. The van der Waals surface area contributed by atoms with Crippen molar-refractivity contribution in [2.45, 2.75) is 6.54 Å². The van der Waals surface area contributed by atoms with Crippen molar-refractivity contribution in [3.8, 4) is 11.8 Å². The van der Waals surface area contributed by atoms with Crippen LogP contribution < -0.4 is 15.4 Å². The zero-order valence-electron chi connectivity index (χ0n) is 10.00. The second kappa shape index (κ2) is 7.54. The van der Waals surface area contributed by atoms with E-state index in [1.165, 1.54) is 0 Å². The van der Waals surface area contributed by atoms with Gasteiger partial charge in [-0.2, -0.15) is 5.26 Å². The van der Waals surface area contributed by atoms with E-state index in [9.17, 15) is 4.79 Å². The lowest BCUT2D eigenvalue weighted by Crippen LogP contribution is -2.29. The molecule has 0 atom stereocenters. The lowest BCUT2D eigenvalue weighted by atomic mass is 10.2. The molecule has 0 radical (unpaired) electrons. The molecule has 0 spiro atoms. The zero-order valence-corrected chi connectivity index (χ0v) is 10.8. The van der Waals surface area contributed by atoms with Gasteiger partial charge in [0, 0.05) is 12.1 Å². The Labute approximate surface area is 111 Å². The number of halogens is 1. The van der Waals surface area contributed by atoms with E-state index in [2.05, 4.69) is 10.6 Å². The van der Waals surface area contributed by atoms with E-state index in [1.807, 2.05) is 25.2 Å². The van der Waals surface area contributed by atoms with Gasteiger partial charge in [0.05, 0.1) is 11.1 Å². The second-order valence-corrected chi connectivity index (χ2v) is 3.89. The number of hydrogen-bond acceptors (Lipinski definition) is 4. The van der Waals surface area contributed by atoms with Crippen molar-refractivity contribution in [3.05, 3.63) is 28.8 Å². The van der Waals surface area contributed by atoms with Gasteiger partial charge in [0.1, 0.15) is 12.3 Å². The SMILES string of the molecule is CNCc1cccc(Cl)c1OCC(=O)NCC#N. The molecule has 2 N–H and O–H groups in total. The van der Waals surface area contributed by atoms with Gasteiger partial charge in [0.25, 0.3) is 5.91 Å². The minimum absolute atomic E-state index is 0.0336. The van der Waals surface area contributed by atoms with Crippen molar-refractivity contribution in [2.24, 2.45) is 0 Å². The molecule has 0 aliphatic carbocycles. The van der Waals surface area contributed by atoms with Gasteiger partial charge >= 0.3 is 0 Å². The number of benzene rings is 1. The lowest BCUT2D eigenvalue weighted by molar-refractivity contribution is -0.122. The average Bonchev–Trinajstić information content (AvgIpc) is 2.36. The summed E-state index contributed by atoms with van der Waals surface area (Å²) in [6.45, 7) is 0.395. The van der Waals surface area contributed by atoms with E-state index >= 15 is 0 Å². The highest BCUT2D eigenvalue weighted by Gasteiger charge is 2.10. The Bertz CT molecular complexity index is 457. The molecule has 0 saturated heterocycles.